The first-order valence-electron chi connectivity index (χ1n) is 10.2. The van der Waals surface area contributed by atoms with E-state index in [1.807, 2.05) is 0 Å². The summed E-state index contributed by atoms with van der Waals surface area (Å²) in [6.45, 7) is 0. The second kappa shape index (κ2) is 7.61. The van der Waals surface area contributed by atoms with Crippen LogP contribution in [0.25, 0.3) is 11.5 Å². The molecule has 1 fully saturated rings. The first kappa shape index (κ1) is 21.0. The number of allylic oxidation sites excluding steroid dienone is 1. The molecule has 0 radical (unpaired) electrons. The molecule has 8 nitrogen and oxygen atoms in total. The fourth-order valence-corrected chi connectivity index (χ4v) is 6.20. The Morgan fingerprint density at radius 2 is 1.88 bits per heavy atom. The van der Waals surface area contributed by atoms with Crippen LogP contribution in [0.2, 0.25) is 0 Å². The molecule has 1 saturated carbocycles. The van der Waals surface area contributed by atoms with Crippen molar-refractivity contribution in [2.24, 2.45) is 11.8 Å². The molecule has 0 unspecified atom stereocenters. The largest absolute Gasteiger partial charge is 0.511 e. The first-order valence-corrected chi connectivity index (χ1v) is 11.1. The van der Waals surface area contributed by atoms with E-state index in [1.165, 1.54) is 11.3 Å². The highest BCUT2D eigenvalue weighted by Gasteiger charge is 2.42. The molecule has 6 rings (SSSR count). The predicted octanol–water partition coefficient (Wildman–Crippen LogP) is 5.01. The Kier molecular flexibility index (Phi) is 4.99. The highest BCUT2D eigenvalue weighted by Crippen LogP contribution is 2.48. The highest BCUT2D eigenvalue weighted by molar-refractivity contribution is 7.17. The van der Waals surface area contributed by atoms with Crippen molar-refractivity contribution in [3.8, 4) is 11.5 Å². The number of fused-ring (bicyclic) bond motifs is 3. The van der Waals surface area contributed by atoms with Crippen LogP contribution in [0.3, 0.4) is 0 Å². The van der Waals surface area contributed by atoms with E-state index in [4.69, 9.17) is 14.4 Å². The number of anilines is 1. The SMILES string of the molecule is O=C(O)OC1=C(C(=O)Nc2sc3c(c2-c2nc(C(F)(F)F)no2)CCC3)C2CCC1CC2. The molecule has 0 aromatic carbocycles. The lowest BCUT2D eigenvalue weighted by molar-refractivity contribution is -0.146. The lowest BCUT2D eigenvalue weighted by Crippen LogP contribution is -2.34. The van der Waals surface area contributed by atoms with Crippen LogP contribution in [-0.2, 0) is 28.5 Å². The van der Waals surface area contributed by atoms with Gasteiger partial charge in [0.1, 0.15) is 10.8 Å². The maximum atomic E-state index is 13.2. The zero-order valence-corrected chi connectivity index (χ0v) is 17.4. The third-order valence-corrected chi connectivity index (χ3v) is 7.46. The van der Waals surface area contributed by atoms with Gasteiger partial charge in [0, 0.05) is 10.8 Å². The Bertz CT molecular complexity index is 1130. The van der Waals surface area contributed by atoms with Gasteiger partial charge < -0.3 is 19.7 Å². The molecule has 2 aromatic rings. The minimum absolute atomic E-state index is 0.121. The number of aryl methyl sites for hydroxylation is 1. The van der Waals surface area contributed by atoms with Crippen molar-refractivity contribution in [1.82, 2.24) is 10.1 Å². The Labute approximate surface area is 183 Å². The van der Waals surface area contributed by atoms with Gasteiger partial charge in [-0.1, -0.05) is 5.16 Å². The molecule has 0 saturated heterocycles. The maximum absolute atomic E-state index is 13.2. The molecule has 0 aliphatic heterocycles. The van der Waals surface area contributed by atoms with Gasteiger partial charge in [-0.25, -0.2) is 4.79 Å². The van der Waals surface area contributed by atoms with Crippen LogP contribution < -0.4 is 5.32 Å². The van der Waals surface area contributed by atoms with Crippen molar-refractivity contribution in [2.45, 2.75) is 51.1 Å². The summed E-state index contributed by atoms with van der Waals surface area (Å²) in [6.07, 6.45) is -0.993. The summed E-state index contributed by atoms with van der Waals surface area (Å²) < 4.78 is 48.8. The van der Waals surface area contributed by atoms with Crippen molar-refractivity contribution in [3.63, 3.8) is 0 Å². The molecule has 170 valence electrons. The number of ether oxygens (including phenoxy) is 1. The van der Waals surface area contributed by atoms with Crippen molar-refractivity contribution in [2.75, 3.05) is 5.32 Å². The first-order chi connectivity index (χ1) is 15.2. The van der Waals surface area contributed by atoms with Crippen molar-refractivity contribution >= 4 is 28.4 Å². The molecule has 0 spiro atoms. The number of hydrogen-bond donors (Lipinski definition) is 2. The summed E-state index contributed by atoms with van der Waals surface area (Å²) in [7, 11) is 0. The van der Waals surface area contributed by atoms with Crippen LogP contribution in [0.15, 0.2) is 15.9 Å². The van der Waals surface area contributed by atoms with Crippen molar-refractivity contribution in [1.29, 1.82) is 0 Å². The van der Waals surface area contributed by atoms with Crippen molar-refractivity contribution < 1.29 is 37.1 Å². The zero-order chi connectivity index (χ0) is 22.6. The lowest BCUT2D eigenvalue weighted by atomic mass is 9.70. The molecular weight excluding hydrogens is 451 g/mol. The molecule has 1 amide bonds. The predicted molar refractivity (Wildman–Crippen MR) is 105 cm³/mol. The molecule has 2 heterocycles. The molecule has 4 aliphatic carbocycles. The molecular formula is C20H18F3N3O5S. The number of hydrogen-bond acceptors (Lipinski definition) is 7. The van der Waals surface area contributed by atoms with E-state index < -0.39 is 24.1 Å². The van der Waals surface area contributed by atoms with Gasteiger partial charge in [0.05, 0.1) is 11.1 Å². The molecule has 2 bridgehead atoms. The van der Waals surface area contributed by atoms with Gasteiger partial charge in [-0.2, -0.15) is 18.2 Å². The average molecular weight is 469 g/mol. The minimum atomic E-state index is -4.75. The highest BCUT2D eigenvalue weighted by atomic mass is 32.1. The average Bonchev–Trinajstić information content (AvgIpc) is 3.44. The molecule has 32 heavy (non-hydrogen) atoms. The molecule has 2 aromatic heterocycles. The number of halogens is 3. The minimum Gasteiger partial charge on any atom is -0.449 e. The van der Waals surface area contributed by atoms with E-state index in [1.54, 1.807) is 0 Å². The van der Waals surface area contributed by atoms with E-state index in [9.17, 15) is 22.8 Å². The molecule has 12 heteroatoms. The van der Waals surface area contributed by atoms with E-state index in [0.717, 1.165) is 49.0 Å². The van der Waals surface area contributed by atoms with Crippen LogP contribution >= 0.6 is 11.3 Å². The van der Waals surface area contributed by atoms with Gasteiger partial charge in [0.2, 0.25) is 0 Å². The standard InChI is InChI=1S/C20H18F3N3O5S/c21-20(22,23)18-25-16(31-26-18)13-10-2-1-3-11(10)32-17(13)24-15(27)12-8-4-6-9(7-5-8)14(12)30-19(28)29/h8-9H,1-7H2,(H,24,27)(H,28,29). The fourth-order valence-electron chi connectivity index (χ4n) is 4.92. The number of aromatic nitrogens is 2. The van der Waals surface area contributed by atoms with Gasteiger partial charge in [0.25, 0.3) is 17.6 Å². The van der Waals surface area contributed by atoms with Crippen LogP contribution in [0.4, 0.5) is 23.0 Å². The van der Waals surface area contributed by atoms with Gasteiger partial charge in [-0.05, 0) is 56.4 Å². The summed E-state index contributed by atoms with van der Waals surface area (Å²) in [5.41, 5.74) is 1.40. The van der Waals surface area contributed by atoms with E-state index >= 15 is 0 Å². The lowest BCUT2D eigenvalue weighted by Gasteiger charge is -2.37. The number of nitrogens with one attached hydrogen (secondary N) is 1. The number of thiophene rings is 1. The smallest absolute Gasteiger partial charge is 0.449 e. The Hall–Kier alpha value is -2.89. The number of rotatable bonds is 4. The van der Waals surface area contributed by atoms with E-state index in [0.29, 0.717) is 22.6 Å². The summed E-state index contributed by atoms with van der Waals surface area (Å²) in [5, 5.41) is 15.3. The Balaban J connectivity index is 1.52. The topological polar surface area (TPSA) is 115 Å². The number of carbonyl (C=O) groups excluding carboxylic acids is 1. The third-order valence-electron chi connectivity index (χ3n) is 6.26. The van der Waals surface area contributed by atoms with Crippen LogP contribution in [0.1, 0.15) is 48.4 Å². The van der Waals surface area contributed by atoms with E-state index in [-0.39, 0.29) is 23.5 Å². The molecule has 0 atom stereocenters. The third kappa shape index (κ3) is 3.55. The van der Waals surface area contributed by atoms with Gasteiger partial charge >= 0.3 is 12.3 Å². The van der Waals surface area contributed by atoms with Crippen molar-refractivity contribution in [3.05, 3.63) is 27.6 Å². The van der Waals surface area contributed by atoms with Crippen LogP contribution in [0, 0.1) is 11.8 Å². The second-order valence-corrected chi connectivity index (χ2v) is 9.24. The number of carboxylic acid groups (broad SMARTS) is 1. The monoisotopic (exact) mass is 469 g/mol. The maximum Gasteiger partial charge on any atom is 0.511 e. The Morgan fingerprint density at radius 1 is 1.16 bits per heavy atom. The summed E-state index contributed by atoms with van der Waals surface area (Å²) in [4.78, 5) is 28.9. The van der Waals surface area contributed by atoms with E-state index in [2.05, 4.69) is 15.5 Å². The Morgan fingerprint density at radius 3 is 2.53 bits per heavy atom. The summed E-state index contributed by atoms with van der Waals surface area (Å²) in [6, 6.07) is 0. The number of amides is 1. The number of nitrogens with zero attached hydrogens (tertiary/aromatic N) is 2. The van der Waals surface area contributed by atoms with Gasteiger partial charge in [0.15, 0.2) is 0 Å². The normalized spacial score (nSPS) is 22.2. The fraction of sp³-hybridized carbons (Fsp3) is 0.500. The number of carbonyl (C=O) groups is 2. The second-order valence-electron chi connectivity index (χ2n) is 8.13. The molecule has 4 aliphatic rings. The zero-order valence-electron chi connectivity index (χ0n) is 16.6. The summed E-state index contributed by atoms with van der Waals surface area (Å²) in [5.74, 6) is -2.26. The summed E-state index contributed by atoms with van der Waals surface area (Å²) >= 11 is 1.27. The van der Waals surface area contributed by atoms with Gasteiger partial charge in [-0.3, -0.25) is 4.79 Å². The molecule has 2 N–H and O–H groups in total. The quantitative estimate of drug-likeness (QED) is 0.605. The van der Waals surface area contributed by atoms with Crippen LogP contribution in [0.5, 0.6) is 0 Å². The van der Waals surface area contributed by atoms with Gasteiger partial charge in [-0.15, -0.1) is 11.3 Å². The number of alkyl halides is 3. The van der Waals surface area contributed by atoms with Crippen LogP contribution in [-0.4, -0.2) is 27.3 Å².